The molecule has 0 saturated carbocycles. The first-order valence-electron chi connectivity index (χ1n) is 9.39. The van der Waals surface area contributed by atoms with Crippen molar-refractivity contribution >= 4 is 28.4 Å². The van der Waals surface area contributed by atoms with Gasteiger partial charge in [0.25, 0.3) is 5.56 Å². The fraction of sp³-hybridized carbons (Fsp3) is 0.125. The minimum Gasteiger partial charge on any atom is -0.293 e. The molecule has 144 valence electrons. The van der Waals surface area contributed by atoms with Crippen molar-refractivity contribution in [2.75, 3.05) is 0 Å². The molecule has 1 unspecified atom stereocenters. The SMILES string of the molecule is Cc1ccc(-n2c(SC(C)C(=O)c3ccccc3)nc3ccccc3c2=O)cc1. The minimum atomic E-state index is -0.387. The Bertz CT molecular complexity index is 1230. The van der Waals surface area contributed by atoms with E-state index < -0.39 is 0 Å². The number of ketones is 1. The van der Waals surface area contributed by atoms with E-state index in [1.807, 2.05) is 74.5 Å². The van der Waals surface area contributed by atoms with Gasteiger partial charge in [0.1, 0.15) is 0 Å². The number of hydrogen-bond acceptors (Lipinski definition) is 4. The number of nitrogens with zero attached hydrogens (tertiary/aromatic N) is 2. The molecule has 1 atom stereocenters. The number of carbonyl (C=O) groups excluding carboxylic acids is 1. The maximum atomic E-state index is 13.3. The Hall–Kier alpha value is -3.18. The number of carbonyl (C=O) groups is 1. The zero-order valence-corrected chi connectivity index (χ0v) is 17.0. The first-order chi connectivity index (χ1) is 14.0. The molecule has 0 radical (unpaired) electrons. The quantitative estimate of drug-likeness (QED) is 0.267. The summed E-state index contributed by atoms with van der Waals surface area (Å²) in [6.45, 7) is 3.85. The van der Waals surface area contributed by atoms with Gasteiger partial charge in [0, 0.05) is 5.56 Å². The summed E-state index contributed by atoms with van der Waals surface area (Å²) in [7, 11) is 0. The van der Waals surface area contributed by atoms with Gasteiger partial charge >= 0.3 is 0 Å². The number of thioether (sulfide) groups is 1. The van der Waals surface area contributed by atoms with Crippen molar-refractivity contribution < 1.29 is 4.79 Å². The summed E-state index contributed by atoms with van der Waals surface area (Å²) in [6, 6.07) is 24.2. The predicted molar refractivity (Wildman–Crippen MR) is 118 cm³/mol. The van der Waals surface area contributed by atoms with Crippen LogP contribution in [-0.4, -0.2) is 20.6 Å². The highest BCUT2D eigenvalue weighted by atomic mass is 32.2. The zero-order valence-electron chi connectivity index (χ0n) is 16.2. The third-order valence-electron chi connectivity index (χ3n) is 4.75. The van der Waals surface area contributed by atoms with Gasteiger partial charge in [-0.25, -0.2) is 4.98 Å². The van der Waals surface area contributed by atoms with E-state index in [-0.39, 0.29) is 16.6 Å². The average Bonchev–Trinajstić information content (AvgIpc) is 2.75. The predicted octanol–water partition coefficient (Wildman–Crippen LogP) is 5.06. The second kappa shape index (κ2) is 8.05. The van der Waals surface area contributed by atoms with Gasteiger partial charge in [0.05, 0.1) is 21.8 Å². The van der Waals surface area contributed by atoms with Gasteiger partial charge in [-0.1, -0.05) is 71.9 Å². The second-order valence-corrected chi connectivity index (χ2v) is 8.19. The summed E-state index contributed by atoms with van der Waals surface area (Å²) in [6.07, 6.45) is 0. The molecular formula is C24H20N2O2S. The normalized spacial score (nSPS) is 12.1. The number of aryl methyl sites for hydroxylation is 1. The van der Waals surface area contributed by atoms with Crippen molar-refractivity contribution in [1.29, 1.82) is 0 Å². The first-order valence-corrected chi connectivity index (χ1v) is 10.3. The molecule has 3 aromatic carbocycles. The number of Topliss-reactive ketones (excluding diaryl/α,β-unsaturated/α-hetero) is 1. The molecule has 0 aliphatic carbocycles. The highest BCUT2D eigenvalue weighted by Gasteiger charge is 2.21. The van der Waals surface area contributed by atoms with Crippen molar-refractivity contribution in [3.63, 3.8) is 0 Å². The Morgan fingerprint density at radius 2 is 1.59 bits per heavy atom. The van der Waals surface area contributed by atoms with Crippen LogP contribution in [0.5, 0.6) is 0 Å². The average molecular weight is 401 g/mol. The Kier molecular flexibility index (Phi) is 5.32. The van der Waals surface area contributed by atoms with E-state index in [1.165, 1.54) is 11.8 Å². The molecule has 1 heterocycles. The molecule has 29 heavy (non-hydrogen) atoms. The van der Waals surface area contributed by atoms with Gasteiger partial charge in [0.15, 0.2) is 10.9 Å². The summed E-state index contributed by atoms with van der Waals surface area (Å²) >= 11 is 1.30. The number of rotatable bonds is 5. The molecule has 0 bridgehead atoms. The molecule has 4 nitrogen and oxygen atoms in total. The standard InChI is InChI=1S/C24H20N2O2S/c1-16-12-14-19(15-13-16)26-23(28)20-10-6-7-11-21(20)25-24(26)29-17(2)22(27)18-8-4-3-5-9-18/h3-15,17H,1-2H3. The number of aromatic nitrogens is 2. The Morgan fingerprint density at radius 1 is 0.931 bits per heavy atom. The molecule has 5 heteroatoms. The Labute approximate surface area is 173 Å². The number of fused-ring (bicyclic) bond motifs is 1. The van der Waals surface area contributed by atoms with Crippen LogP contribution in [0.25, 0.3) is 16.6 Å². The lowest BCUT2D eigenvalue weighted by molar-refractivity contribution is 0.0994. The van der Waals surface area contributed by atoms with E-state index in [2.05, 4.69) is 0 Å². The van der Waals surface area contributed by atoms with Crippen molar-refractivity contribution in [2.24, 2.45) is 0 Å². The molecule has 0 amide bonds. The van der Waals surface area contributed by atoms with E-state index in [9.17, 15) is 9.59 Å². The second-order valence-electron chi connectivity index (χ2n) is 6.88. The van der Waals surface area contributed by atoms with Crippen LogP contribution in [-0.2, 0) is 0 Å². The van der Waals surface area contributed by atoms with E-state index in [1.54, 1.807) is 22.8 Å². The third kappa shape index (κ3) is 3.87. The van der Waals surface area contributed by atoms with Crippen LogP contribution in [0.2, 0.25) is 0 Å². The molecule has 0 fully saturated rings. The lowest BCUT2D eigenvalue weighted by atomic mass is 10.1. The third-order valence-corrected chi connectivity index (χ3v) is 5.80. The van der Waals surface area contributed by atoms with Gasteiger partial charge in [0.2, 0.25) is 0 Å². The fourth-order valence-electron chi connectivity index (χ4n) is 3.16. The molecule has 0 aliphatic heterocycles. The largest absolute Gasteiger partial charge is 0.293 e. The summed E-state index contributed by atoms with van der Waals surface area (Å²) < 4.78 is 1.60. The van der Waals surface area contributed by atoms with Crippen molar-refractivity contribution in [3.8, 4) is 5.69 Å². The van der Waals surface area contributed by atoms with Crippen LogP contribution >= 0.6 is 11.8 Å². The zero-order chi connectivity index (χ0) is 20.4. The van der Waals surface area contributed by atoms with Crippen molar-refractivity contribution in [3.05, 3.63) is 100 Å². The molecule has 4 aromatic rings. The van der Waals surface area contributed by atoms with Gasteiger partial charge in [-0.15, -0.1) is 0 Å². The lowest BCUT2D eigenvalue weighted by Gasteiger charge is -2.16. The Morgan fingerprint density at radius 3 is 2.31 bits per heavy atom. The van der Waals surface area contributed by atoms with Gasteiger partial charge < -0.3 is 0 Å². The summed E-state index contributed by atoms with van der Waals surface area (Å²) in [5, 5.41) is 0.677. The van der Waals surface area contributed by atoms with E-state index in [0.717, 1.165) is 11.3 Å². The van der Waals surface area contributed by atoms with Crippen LogP contribution in [0.1, 0.15) is 22.8 Å². The molecule has 1 aromatic heterocycles. The number of benzene rings is 3. The molecule has 0 saturated heterocycles. The van der Waals surface area contributed by atoms with Gasteiger partial charge in [-0.3, -0.25) is 14.2 Å². The van der Waals surface area contributed by atoms with Crippen LogP contribution in [0.3, 0.4) is 0 Å². The van der Waals surface area contributed by atoms with Gasteiger partial charge in [-0.2, -0.15) is 0 Å². The van der Waals surface area contributed by atoms with Gasteiger partial charge in [-0.05, 0) is 38.1 Å². The van der Waals surface area contributed by atoms with Crippen LogP contribution < -0.4 is 5.56 Å². The van der Waals surface area contributed by atoms with E-state index >= 15 is 0 Å². The molecule has 0 spiro atoms. The molecule has 0 N–H and O–H groups in total. The van der Waals surface area contributed by atoms with Crippen molar-refractivity contribution in [1.82, 2.24) is 9.55 Å². The summed E-state index contributed by atoms with van der Waals surface area (Å²) in [5.74, 6) is 0.00784. The monoisotopic (exact) mass is 400 g/mol. The smallest absolute Gasteiger partial charge is 0.266 e. The van der Waals surface area contributed by atoms with Crippen molar-refractivity contribution in [2.45, 2.75) is 24.3 Å². The van der Waals surface area contributed by atoms with Crippen LogP contribution in [0.15, 0.2) is 88.8 Å². The summed E-state index contributed by atoms with van der Waals surface area (Å²) in [4.78, 5) is 30.9. The molecule has 4 rings (SSSR count). The lowest BCUT2D eigenvalue weighted by Crippen LogP contribution is -2.23. The number of hydrogen-bond donors (Lipinski definition) is 0. The number of para-hydroxylation sites is 1. The van der Waals surface area contributed by atoms with Crippen LogP contribution in [0.4, 0.5) is 0 Å². The maximum Gasteiger partial charge on any atom is 0.266 e. The maximum absolute atomic E-state index is 13.3. The van der Waals surface area contributed by atoms with E-state index in [0.29, 0.717) is 21.6 Å². The van der Waals surface area contributed by atoms with E-state index in [4.69, 9.17) is 4.98 Å². The van der Waals surface area contributed by atoms with Crippen LogP contribution in [0, 0.1) is 6.92 Å². The minimum absolute atomic E-state index is 0.00784. The fourth-order valence-corrected chi connectivity index (χ4v) is 4.17. The molecule has 0 aliphatic rings. The highest BCUT2D eigenvalue weighted by Crippen LogP contribution is 2.27. The highest BCUT2D eigenvalue weighted by molar-refractivity contribution is 8.00. The first kappa shape index (κ1) is 19.2. The summed E-state index contributed by atoms with van der Waals surface area (Å²) in [5.41, 5.74) is 2.99. The topological polar surface area (TPSA) is 52.0 Å². The molecular weight excluding hydrogens is 380 g/mol. The Balaban J connectivity index is 1.82.